The Morgan fingerprint density at radius 1 is 1.22 bits per heavy atom. The van der Waals surface area contributed by atoms with Gasteiger partial charge in [-0.05, 0) is 12.1 Å². The third-order valence-electron chi connectivity index (χ3n) is 2.62. The molecule has 6 nitrogen and oxygen atoms in total. The molecule has 0 fully saturated rings. The molecule has 3 rings (SSSR count). The Bertz CT molecular complexity index is 707. The number of ether oxygens (including phenoxy) is 1. The maximum atomic E-state index is 5.65. The Morgan fingerprint density at radius 2 is 2.06 bits per heavy atom. The van der Waals surface area contributed by atoms with Crippen molar-refractivity contribution in [1.82, 2.24) is 19.5 Å². The summed E-state index contributed by atoms with van der Waals surface area (Å²) in [4.78, 5) is 12.4. The van der Waals surface area contributed by atoms with E-state index in [0.717, 1.165) is 11.0 Å². The highest BCUT2D eigenvalue weighted by Crippen LogP contribution is 2.19. The second-order valence-corrected chi connectivity index (χ2v) is 3.73. The SMILES string of the molecule is COc1cc(-n2cnc3ccccc32)nc(N)n1. The molecule has 1 aromatic carbocycles. The normalized spacial score (nSPS) is 10.7. The minimum Gasteiger partial charge on any atom is -0.481 e. The van der Waals surface area contributed by atoms with E-state index in [2.05, 4.69) is 15.0 Å². The number of nitrogens with zero attached hydrogens (tertiary/aromatic N) is 4. The van der Waals surface area contributed by atoms with Crippen molar-refractivity contribution in [2.45, 2.75) is 0 Å². The molecule has 0 aliphatic heterocycles. The zero-order chi connectivity index (χ0) is 12.5. The van der Waals surface area contributed by atoms with Gasteiger partial charge in [0.25, 0.3) is 0 Å². The number of benzene rings is 1. The van der Waals surface area contributed by atoms with E-state index in [1.807, 2.05) is 28.8 Å². The molecular weight excluding hydrogens is 230 g/mol. The van der Waals surface area contributed by atoms with E-state index in [9.17, 15) is 0 Å². The van der Waals surface area contributed by atoms with Gasteiger partial charge in [0.05, 0.1) is 18.1 Å². The van der Waals surface area contributed by atoms with E-state index in [0.29, 0.717) is 11.7 Å². The smallest absolute Gasteiger partial charge is 0.225 e. The largest absolute Gasteiger partial charge is 0.481 e. The van der Waals surface area contributed by atoms with Gasteiger partial charge in [-0.25, -0.2) is 4.98 Å². The van der Waals surface area contributed by atoms with Crippen molar-refractivity contribution in [3.63, 3.8) is 0 Å². The molecule has 0 saturated carbocycles. The summed E-state index contributed by atoms with van der Waals surface area (Å²) in [5, 5.41) is 0. The molecule has 0 aliphatic rings. The third kappa shape index (κ3) is 1.64. The lowest BCUT2D eigenvalue weighted by Crippen LogP contribution is -2.03. The van der Waals surface area contributed by atoms with E-state index in [4.69, 9.17) is 10.5 Å². The van der Waals surface area contributed by atoms with Gasteiger partial charge in [0.2, 0.25) is 11.8 Å². The van der Waals surface area contributed by atoms with Crippen LogP contribution < -0.4 is 10.5 Å². The summed E-state index contributed by atoms with van der Waals surface area (Å²) in [6.07, 6.45) is 1.70. The minimum absolute atomic E-state index is 0.169. The van der Waals surface area contributed by atoms with Gasteiger partial charge < -0.3 is 10.5 Å². The molecular formula is C12H11N5O. The van der Waals surface area contributed by atoms with Crippen LogP contribution in [0.5, 0.6) is 5.88 Å². The van der Waals surface area contributed by atoms with Crippen molar-refractivity contribution in [2.75, 3.05) is 12.8 Å². The van der Waals surface area contributed by atoms with Gasteiger partial charge in [-0.1, -0.05) is 12.1 Å². The van der Waals surface area contributed by atoms with Crippen LogP contribution in [0.3, 0.4) is 0 Å². The van der Waals surface area contributed by atoms with E-state index < -0.39 is 0 Å². The van der Waals surface area contributed by atoms with Crippen molar-refractivity contribution in [3.8, 4) is 11.7 Å². The lowest BCUT2D eigenvalue weighted by molar-refractivity contribution is 0.397. The molecule has 90 valence electrons. The van der Waals surface area contributed by atoms with E-state index in [-0.39, 0.29) is 5.95 Å². The number of nitrogens with two attached hydrogens (primary N) is 1. The Balaban J connectivity index is 2.22. The third-order valence-corrected chi connectivity index (χ3v) is 2.62. The highest BCUT2D eigenvalue weighted by molar-refractivity contribution is 5.76. The molecule has 0 spiro atoms. The molecule has 2 N–H and O–H groups in total. The van der Waals surface area contributed by atoms with Crippen LogP contribution in [0, 0.1) is 0 Å². The highest BCUT2D eigenvalue weighted by Gasteiger charge is 2.08. The Labute approximate surface area is 103 Å². The van der Waals surface area contributed by atoms with E-state index in [1.54, 1.807) is 12.4 Å². The van der Waals surface area contributed by atoms with Gasteiger partial charge in [0, 0.05) is 6.07 Å². The minimum atomic E-state index is 0.169. The van der Waals surface area contributed by atoms with Gasteiger partial charge in [-0.15, -0.1) is 0 Å². The second kappa shape index (κ2) is 3.99. The zero-order valence-corrected chi connectivity index (χ0v) is 9.74. The molecule has 6 heteroatoms. The number of hydrogen-bond donors (Lipinski definition) is 1. The maximum absolute atomic E-state index is 5.65. The lowest BCUT2D eigenvalue weighted by atomic mass is 10.3. The number of para-hydroxylation sites is 2. The van der Waals surface area contributed by atoms with Gasteiger partial charge in [-0.3, -0.25) is 4.57 Å². The molecule has 0 radical (unpaired) electrons. The van der Waals surface area contributed by atoms with Crippen molar-refractivity contribution in [1.29, 1.82) is 0 Å². The van der Waals surface area contributed by atoms with Crippen molar-refractivity contribution >= 4 is 17.0 Å². The number of nitrogen functional groups attached to an aromatic ring is 1. The monoisotopic (exact) mass is 241 g/mol. The van der Waals surface area contributed by atoms with Crippen LogP contribution in [-0.4, -0.2) is 26.6 Å². The average Bonchev–Trinajstić information content (AvgIpc) is 2.81. The Kier molecular flexibility index (Phi) is 2.33. The number of methoxy groups -OCH3 is 1. The van der Waals surface area contributed by atoms with E-state index in [1.165, 1.54) is 7.11 Å². The molecule has 0 unspecified atom stereocenters. The first-order valence-corrected chi connectivity index (χ1v) is 5.39. The topological polar surface area (TPSA) is 78.8 Å². The van der Waals surface area contributed by atoms with Crippen LogP contribution >= 0.6 is 0 Å². The standard InChI is InChI=1S/C12H11N5O/c1-18-11-6-10(15-12(13)16-11)17-7-14-8-4-2-3-5-9(8)17/h2-7H,1H3,(H2,13,15,16). The molecule has 2 aromatic heterocycles. The Hall–Kier alpha value is -2.63. The summed E-state index contributed by atoms with van der Waals surface area (Å²) in [6.45, 7) is 0. The molecule has 0 aliphatic carbocycles. The van der Waals surface area contributed by atoms with Gasteiger partial charge in [-0.2, -0.15) is 9.97 Å². The predicted octanol–water partition coefficient (Wildman–Crippen LogP) is 1.41. The summed E-state index contributed by atoms with van der Waals surface area (Å²) in [6, 6.07) is 9.50. The van der Waals surface area contributed by atoms with Crippen LogP contribution in [0.15, 0.2) is 36.7 Å². The molecule has 3 aromatic rings. The summed E-state index contributed by atoms with van der Waals surface area (Å²) < 4.78 is 6.92. The fraction of sp³-hybridized carbons (Fsp3) is 0.0833. The highest BCUT2D eigenvalue weighted by atomic mass is 16.5. The van der Waals surface area contributed by atoms with Crippen LogP contribution in [0.2, 0.25) is 0 Å². The molecule has 0 amide bonds. The van der Waals surface area contributed by atoms with E-state index >= 15 is 0 Å². The van der Waals surface area contributed by atoms with Gasteiger partial charge >= 0.3 is 0 Å². The first-order chi connectivity index (χ1) is 8.78. The van der Waals surface area contributed by atoms with Crippen LogP contribution in [0.25, 0.3) is 16.9 Å². The molecule has 0 saturated heterocycles. The number of hydrogen-bond acceptors (Lipinski definition) is 5. The first kappa shape index (κ1) is 10.5. The van der Waals surface area contributed by atoms with Gasteiger partial charge in [0.1, 0.15) is 12.1 Å². The first-order valence-electron chi connectivity index (χ1n) is 5.39. The fourth-order valence-corrected chi connectivity index (χ4v) is 1.80. The summed E-state index contributed by atoms with van der Waals surface area (Å²) >= 11 is 0. The summed E-state index contributed by atoms with van der Waals surface area (Å²) in [7, 11) is 1.54. The number of rotatable bonds is 2. The fourth-order valence-electron chi connectivity index (χ4n) is 1.80. The summed E-state index contributed by atoms with van der Waals surface area (Å²) in [5.41, 5.74) is 7.50. The van der Waals surface area contributed by atoms with Crippen molar-refractivity contribution in [3.05, 3.63) is 36.7 Å². The van der Waals surface area contributed by atoms with Crippen molar-refractivity contribution in [2.24, 2.45) is 0 Å². The maximum Gasteiger partial charge on any atom is 0.225 e. The van der Waals surface area contributed by atoms with Crippen LogP contribution in [0.4, 0.5) is 5.95 Å². The number of aromatic nitrogens is 4. The lowest BCUT2D eigenvalue weighted by Gasteiger charge is -2.06. The average molecular weight is 241 g/mol. The summed E-state index contributed by atoms with van der Waals surface area (Å²) in [5.74, 6) is 1.23. The van der Waals surface area contributed by atoms with Crippen molar-refractivity contribution < 1.29 is 4.74 Å². The van der Waals surface area contributed by atoms with Crippen LogP contribution in [-0.2, 0) is 0 Å². The molecule has 0 atom stereocenters. The number of fused-ring (bicyclic) bond motifs is 1. The molecule has 18 heavy (non-hydrogen) atoms. The molecule has 2 heterocycles. The quantitative estimate of drug-likeness (QED) is 0.733. The second-order valence-electron chi connectivity index (χ2n) is 3.73. The number of imidazole rings is 1. The zero-order valence-electron chi connectivity index (χ0n) is 9.74. The predicted molar refractivity (Wildman–Crippen MR) is 67.6 cm³/mol. The van der Waals surface area contributed by atoms with Gasteiger partial charge in [0.15, 0.2) is 0 Å². The Morgan fingerprint density at radius 3 is 2.89 bits per heavy atom. The number of anilines is 1. The molecule has 0 bridgehead atoms. The van der Waals surface area contributed by atoms with Crippen LogP contribution in [0.1, 0.15) is 0 Å².